The number of anilines is 3. The molecule has 0 aliphatic carbocycles. The predicted octanol–water partition coefficient (Wildman–Crippen LogP) is 2.39. The number of nitrogens with one attached hydrogen (secondary N) is 3. The number of likely N-dealkylation sites (N-methyl/N-ethyl adjacent to an activating group) is 1. The zero-order valence-electron chi connectivity index (χ0n) is 27.9. The molecule has 3 aliphatic heterocycles. The van der Waals surface area contributed by atoms with E-state index in [0.717, 1.165) is 30.8 Å². The van der Waals surface area contributed by atoms with Crippen LogP contribution in [0.4, 0.5) is 17.5 Å². The third-order valence-electron chi connectivity index (χ3n) is 9.08. The van der Waals surface area contributed by atoms with Crippen molar-refractivity contribution in [1.82, 2.24) is 30.1 Å². The molecule has 4 aromatic rings. The summed E-state index contributed by atoms with van der Waals surface area (Å²) in [5, 5.41) is 8.82. The van der Waals surface area contributed by atoms with Crippen molar-refractivity contribution in [3.63, 3.8) is 0 Å². The highest BCUT2D eigenvalue weighted by Crippen LogP contribution is 2.31. The predicted molar refractivity (Wildman–Crippen MR) is 188 cm³/mol. The molecule has 0 saturated carbocycles. The van der Waals surface area contributed by atoms with E-state index in [4.69, 9.17) is 21.1 Å². The number of halogens is 1. The quantitative estimate of drug-likeness (QED) is 0.191. The highest BCUT2D eigenvalue weighted by atomic mass is 35.5. The summed E-state index contributed by atoms with van der Waals surface area (Å²) >= 11 is 6.45. The second-order valence-electron chi connectivity index (χ2n) is 12.4. The molecule has 5 heterocycles. The number of hydrogen-bond donors (Lipinski definition) is 3. The average Bonchev–Trinajstić information content (AvgIpc) is 3.76. The van der Waals surface area contributed by atoms with Crippen LogP contribution >= 0.6 is 11.6 Å². The van der Waals surface area contributed by atoms with Gasteiger partial charge in [-0.2, -0.15) is 4.98 Å². The Balaban J connectivity index is 1.12. The smallest absolute Gasteiger partial charge is 0.293 e. The molecule has 2 saturated heterocycles. The van der Waals surface area contributed by atoms with Gasteiger partial charge in [0.2, 0.25) is 17.8 Å². The maximum atomic E-state index is 13.6. The Hall–Kier alpha value is -6.03. The number of piperidine rings is 1. The molecule has 1 unspecified atom stereocenters. The monoisotopic (exact) mass is 728 g/mol. The van der Waals surface area contributed by atoms with Gasteiger partial charge < -0.3 is 29.6 Å². The summed E-state index contributed by atoms with van der Waals surface area (Å²) in [5.41, 5.74) is 0.862. The minimum atomic E-state index is -1.09. The van der Waals surface area contributed by atoms with Gasteiger partial charge in [-0.1, -0.05) is 11.6 Å². The second-order valence-corrected chi connectivity index (χ2v) is 12.8. The maximum absolute atomic E-state index is 13.6. The van der Waals surface area contributed by atoms with Crippen LogP contribution < -0.4 is 35.9 Å². The van der Waals surface area contributed by atoms with E-state index >= 15 is 0 Å². The van der Waals surface area contributed by atoms with Crippen LogP contribution in [0.25, 0.3) is 10.9 Å². The first kappa shape index (κ1) is 34.4. The molecule has 5 amide bonds. The van der Waals surface area contributed by atoms with Gasteiger partial charge in [0.15, 0.2) is 18.2 Å². The fraction of sp³-hybridized carbons (Fsp3) is 0.314. The molecule has 52 heavy (non-hydrogen) atoms. The molecular weight excluding hydrogens is 696 g/mol. The Labute approximate surface area is 301 Å². The van der Waals surface area contributed by atoms with Gasteiger partial charge in [-0.05, 0) is 61.7 Å². The number of imide groups is 2. The zero-order chi connectivity index (χ0) is 36.5. The third kappa shape index (κ3) is 6.71. The third-order valence-corrected chi connectivity index (χ3v) is 9.35. The van der Waals surface area contributed by atoms with E-state index in [1.165, 1.54) is 29.8 Å². The molecule has 0 spiro atoms. The Bertz CT molecular complexity index is 2200. The van der Waals surface area contributed by atoms with Crippen LogP contribution in [0.1, 0.15) is 46.4 Å². The molecule has 2 aromatic carbocycles. The Morgan fingerprint density at radius 2 is 1.79 bits per heavy atom. The lowest BCUT2D eigenvalue weighted by molar-refractivity contribution is -0.136. The number of benzene rings is 2. The van der Waals surface area contributed by atoms with E-state index in [1.54, 1.807) is 30.5 Å². The van der Waals surface area contributed by atoms with Crippen molar-refractivity contribution in [2.24, 2.45) is 0 Å². The standard InChI is InChI=1S/C35H33ClN8O8/c1-37-29(46)18-52-27-15-19-14-20(39-30-24(36)17-38-35(41-30)42-10-2-3-11-42)4-7-25(19)43(34(27)50)12-13-51-21-5-6-22-23(16-21)33(49)44(32(22)48)26-8-9-28(45)40-31(26)47/h4-7,14-17,26H,2-3,8-13,18H2,1H3,(H,37,46)(H,38,39,41)(H,40,45,47). The van der Waals surface area contributed by atoms with Crippen molar-refractivity contribution < 1.29 is 33.4 Å². The van der Waals surface area contributed by atoms with Crippen LogP contribution in [0, 0.1) is 0 Å². The summed E-state index contributed by atoms with van der Waals surface area (Å²) in [6, 6.07) is 10.2. The SMILES string of the molecule is CNC(=O)COc1cc2cc(Nc3nc(N4CCCC4)ncc3Cl)ccc2n(CCOc2ccc3c(c2)C(=O)N(C2CCC(=O)NC2=O)C3=O)c1=O. The number of fused-ring (bicyclic) bond motifs is 2. The number of nitrogens with zero attached hydrogens (tertiary/aromatic N) is 5. The van der Waals surface area contributed by atoms with Crippen molar-refractivity contribution in [1.29, 1.82) is 0 Å². The molecule has 17 heteroatoms. The molecule has 2 fully saturated rings. The summed E-state index contributed by atoms with van der Waals surface area (Å²) in [4.78, 5) is 87.9. The van der Waals surface area contributed by atoms with Gasteiger partial charge in [-0.15, -0.1) is 0 Å². The number of aromatic nitrogens is 3. The van der Waals surface area contributed by atoms with Gasteiger partial charge >= 0.3 is 0 Å². The number of carbonyl (C=O) groups is 5. The summed E-state index contributed by atoms with van der Waals surface area (Å²) in [6.07, 6.45) is 3.74. The van der Waals surface area contributed by atoms with Gasteiger partial charge in [0.1, 0.15) is 23.4 Å². The molecule has 3 N–H and O–H groups in total. The number of ether oxygens (including phenoxy) is 2. The van der Waals surface area contributed by atoms with Gasteiger partial charge in [-0.25, -0.2) is 4.98 Å². The second kappa shape index (κ2) is 14.3. The summed E-state index contributed by atoms with van der Waals surface area (Å²) < 4.78 is 13.0. The number of amides is 5. The van der Waals surface area contributed by atoms with E-state index in [2.05, 4.69) is 30.8 Å². The molecule has 16 nitrogen and oxygen atoms in total. The topological polar surface area (TPSA) is 194 Å². The Kier molecular flexibility index (Phi) is 9.47. The minimum absolute atomic E-state index is 0.0120. The molecule has 0 radical (unpaired) electrons. The lowest BCUT2D eigenvalue weighted by Crippen LogP contribution is -2.54. The van der Waals surface area contributed by atoms with Gasteiger partial charge in [0.25, 0.3) is 23.3 Å². The zero-order valence-corrected chi connectivity index (χ0v) is 28.7. The summed E-state index contributed by atoms with van der Waals surface area (Å²) in [5.74, 6) is -1.67. The van der Waals surface area contributed by atoms with Gasteiger partial charge in [0.05, 0.1) is 29.4 Å². The summed E-state index contributed by atoms with van der Waals surface area (Å²) in [6.45, 7) is 1.37. The highest BCUT2D eigenvalue weighted by molar-refractivity contribution is 6.33. The van der Waals surface area contributed by atoms with Crippen LogP contribution in [0.5, 0.6) is 11.5 Å². The van der Waals surface area contributed by atoms with Crippen LogP contribution in [0.2, 0.25) is 5.02 Å². The number of rotatable bonds is 11. The fourth-order valence-electron chi connectivity index (χ4n) is 6.43. The number of hydrogen-bond acceptors (Lipinski definition) is 12. The van der Waals surface area contributed by atoms with Crippen LogP contribution in [0.15, 0.2) is 53.5 Å². The molecule has 3 aliphatic rings. The summed E-state index contributed by atoms with van der Waals surface area (Å²) in [7, 11) is 1.46. The van der Waals surface area contributed by atoms with Crippen molar-refractivity contribution in [2.75, 3.05) is 43.6 Å². The lowest BCUT2D eigenvalue weighted by Gasteiger charge is -2.27. The molecule has 7 rings (SSSR count). The molecule has 2 aromatic heterocycles. The number of pyridine rings is 1. The van der Waals surface area contributed by atoms with Crippen LogP contribution in [0.3, 0.4) is 0 Å². The average molecular weight is 729 g/mol. The van der Waals surface area contributed by atoms with E-state index in [1.807, 2.05) is 0 Å². The minimum Gasteiger partial charge on any atom is -0.492 e. The van der Waals surface area contributed by atoms with Crippen molar-refractivity contribution in [2.45, 2.75) is 38.3 Å². The molecular formula is C35H33ClN8O8. The van der Waals surface area contributed by atoms with Gasteiger partial charge in [0, 0.05) is 37.6 Å². The lowest BCUT2D eigenvalue weighted by atomic mass is 10.0. The van der Waals surface area contributed by atoms with E-state index in [0.29, 0.717) is 33.4 Å². The van der Waals surface area contributed by atoms with Gasteiger partial charge in [-0.3, -0.25) is 39.0 Å². The van der Waals surface area contributed by atoms with E-state index in [-0.39, 0.29) is 55.2 Å². The molecule has 0 bridgehead atoms. The molecule has 1 atom stereocenters. The van der Waals surface area contributed by atoms with Crippen LogP contribution in [-0.2, 0) is 20.9 Å². The van der Waals surface area contributed by atoms with E-state index < -0.39 is 41.1 Å². The van der Waals surface area contributed by atoms with Crippen molar-refractivity contribution in [3.05, 3.63) is 75.2 Å². The van der Waals surface area contributed by atoms with Crippen LogP contribution in [-0.4, -0.2) is 88.4 Å². The molecule has 268 valence electrons. The first-order valence-electron chi connectivity index (χ1n) is 16.6. The fourth-order valence-corrected chi connectivity index (χ4v) is 6.56. The first-order valence-corrected chi connectivity index (χ1v) is 17.0. The first-order chi connectivity index (χ1) is 25.1. The normalized spacial score (nSPS) is 17.0. The largest absolute Gasteiger partial charge is 0.492 e. The Morgan fingerprint density at radius 3 is 2.56 bits per heavy atom. The maximum Gasteiger partial charge on any atom is 0.293 e. The van der Waals surface area contributed by atoms with E-state index in [9.17, 15) is 28.8 Å². The van der Waals surface area contributed by atoms with Crippen molar-refractivity contribution >= 4 is 69.5 Å². The highest BCUT2D eigenvalue weighted by Gasteiger charge is 2.44. The number of carbonyl (C=O) groups excluding carboxylic acids is 5. The Morgan fingerprint density at radius 1 is 1.00 bits per heavy atom. The van der Waals surface area contributed by atoms with Crippen molar-refractivity contribution in [3.8, 4) is 11.5 Å².